The van der Waals surface area contributed by atoms with Crippen LogP contribution in [0.4, 0.5) is 0 Å². The standard InChI is InChI=1S/C19H18N2S/c1-3-7-14(8-4-1)11-16-12-22-13-17-18(20-21-19(16)17)15-9-5-2-6-10-15/h1-11,17-18,20H,12-13H2. The van der Waals surface area contributed by atoms with E-state index in [-0.39, 0.29) is 0 Å². The summed E-state index contributed by atoms with van der Waals surface area (Å²) >= 11 is 2.01. The summed E-state index contributed by atoms with van der Waals surface area (Å²) < 4.78 is 0. The van der Waals surface area contributed by atoms with E-state index in [1.54, 1.807) is 0 Å². The molecule has 4 rings (SSSR count). The van der Waals surface area contributed by atoms with Crippen LogP contribution < -0.4 is 5.43 Å². The van der Waals surface area contributed by atoms with Crippen LogP contribution in [0.5, 0.6) is 0 Å². The first kappa shape index (κ1) is 13.6. The van der Waals surface area contributed by atoms with Crippen molar-refractivity contribution in [1.29, 1.82) is 0 Å². The molecule has 0 saturated carbocycles. The summed E-state index contributed by atoms with van der Waals surface area (Å²) in [6.45, 7) is 0. The monoisotopic (exact) mass is 306 g/mol. The van der Waals surface area contributed by atoms with Gasteiger partial charge in [0.15, 0.2) is 0 Å². The van der Waals surface area contributed by atoms with Gasteiger partial charge in [0.1, 0.15) is 0 Å². The molecule has 2 atom stereocenters. The fourth-order valence-corrected chi connectivity index (χ4v) is 4.33. The quantitative estimate of drug-likeness (QED) is 0.902. The van der Waals surface area contributed by atoms with Crippen LogP contribution in [0.1, 0.15) is 17.2 Å². The summed E-state index contributed by atoms with van der Waals surface area (Å²) in [5.74, 6) is 2.65. The Balaban J connectivity index is 1.63. The molecule has 0 spiro atoms. The van der Waals surface area contributed by atoms with Gasteiger partial charge in [-0.3, -0.25) is 0 Å². The third-order valence-electron chi connectivity index (χ3n) is 4.26. The summed E-state index contributed by atoms with van der Waals surface area (Å²) in [5.41, 5.74) is 8.55. The second kappa shape index (κ2) is 6.01. The van der Waals surface area contributed by atoms with Crippen LogP contribution in [0.15, 0.2) is 71.3 Å². The molecule has 2 aromatic rings. The molecule has 0 bridgehead atoms. The van der Waals surface area contributed by atoms with Crippen molar-refractivity contribution in [2.75, 3.05) is 11.5 Å². The van der Waals surface area contributed by atoms with E-state index in [4.69, 9.17) is 0 Å². The van der Waals surface area contributed by atoms with Gasteiger partial charge >= 0.3 is 0 Å². The first-order valence-corrected chi connectivity index (χ1v) is 8.79. The Kier molecular flexibility index (Phi) is 3.73. The molecular formula is C19H18N2S. The third kappa shape index (κ3) is 2.57. The number of nitrogens with one attached hydrogen (secondary N) is 1. The number of nitrogens with zero attached hydrogens (tertiary/aromatic N) is 1. The first-order chi connectivity index (χ1) is 10.9. The summed E-state index contributed by atoms with van der Waals surface area (Å²) in [4.78, 5) is 0. The fraction of sp³-hybridized carbons (Fsp3) is 0.211. The number of benzene rings is 2. The summed E-state index contributed by atoms with van der Waals surface area (Å²) in [6, 6.07) is 21.5. The maximum atomic E-state index is 4.68. The Bertz CT molecular complexity index is 707. The average Bonchev–Trinajstić information content (AvgIpc) is 3.02. The normalized spacial score (nSPS) is 25.5. The first-order valence-electron chi connectivity index (χ1n) is 7.63. The predicted molar refractivity (Wildman–Crippen MR) is 95.0 cm³/mol. The molecule has 2 aromatic carbocycles. The van der Waals surface area contributed by atoms with Gasteiger partial charge in [0.25, 0.3) is 0 Å². The molecule has 0 amide bonds. The van der Waals surface area contributed by atoms with Gasteiger partial charge in [-0.05, 0) is 22.8 Å². The van der Waals surface area contributed by atoms with E-state index < -0.39 is 0 Å². The molecule has 2 heterocycles. The molecule has 2 nitrogen and oxygen atoms in total. The minimum Gasteiger partial charge on any atom is -0.302 e. The molecule has 1 saturated heterocycles. The highest BCUT2D eigenvalue weighted by atomic mass is 32.2. The maximum absolute atomic E-state index is 4.68. The lowest BCUT2D eigenvalue weighted by Crippen LogP contribution is -2.28. The Morgan fingerprint density at radius 1 is 1.00 bits per heavy atom. The van der Waals surface area contributed by atoms with Crippen molar-refractivity contribution in [3.63, 3.8) is 0 Å². The van der Waals surface area contributed by atoms with Gasteiger partial charge in [0.2, 0.25) is 0 Å². The van der Waals surface area contributed by atoms with Gasteiger partial charge in [-0.1, -0.05) is 60.7 Å². The number of hydrogen-bond donors (Lipinski definition) is 1. The van der Waals surface area contributed by atoms with E-state index in [1.807, 2.05) is 11.8 Å². The van der Waals surface area contributed by atoms with Crippen LogP contribution in [-0.4, -0.2) is 17.2 Å². The highest BCUT2D eigenvalue weighted by Gasteiger charge is 2.36. The fourth-order valence-electron chi connectivity index (χ4n) is 3.16. The maximum Gasteiger partial charge on any atom is 0.0781 e. The summed E-state index contributed by atoms with van der Waals surface area (Å²) in [6.07, 6.45) is 2.28. The zero-order valence-corrected chi connectivity index (χ0v) is 13.1. The molecular weight excluding hydrogens is 288 g/mol. The van der Waals surface area contributed by atoms with E-state index in [2.05, 4.69) is 77.3 Å². The molecule has 1 fully saturated rings. The van der Waals surface area contributed by atoms with Crippen molar-refractivity contribution < 1.29 is 0 Å². The average molecular weight is 306 g/mol. The van der Waals surface area contributed by atoms with Crippen molar-refractivity contribution >= 4 is 23.5 Å². The minimum atomic E-state index is 0.308. The second-order valence-electron chi connectivity index (χ2n) is 5.72. The van der Waals surface area contributed by atoms with E-state index in [0.717, 1.165) is 11.5 Å². The summed E-state index contributed by atoms with van der Waals surface area (Å²) in [5, 5.41) is 4.68. The van der Waals surface area contributed by atoms with Crippen LogP contribution in [0.3, 0.4) is 0 Å². The molecule has 2 aliphatic rings. The van der Waals surface area contributed by atoms with Crippen LogP contribution in [0.2, 0.25) is 0 Å². The lowest BCUT2D eigenvalue weighted by molar-refractivity contribution is 0.529. The van der Waals surface area contributed by atoms with Gasteiger partial charge < -0.3 is 5.43 Å². The Labute approximate surface area is 135 Å². The van der Waals surface area contributed by atoms with E-state index in [9.17, 15) is 0 Å². The SMILES string of the molecule is C(=C1CSCC2C1=NNC2c1ccccc1)c1ccccc1. The van der Waals surface area contributed by atoms with Crippen molar-refractivity contribution in [2.45, 2.75) is 6.04 Å². The van der Waals surface area contributed by atoms with Gasteiger partial charge in [-0.2, -0.15) is 16.9 Å². The Hall–Kier alpha value is -2.00. The Morgan fingerprint density at radius 3 is 2.50 bits per heavy atom. The predicted octanol–water partition coefficient (Wildman–Crippen LogP) is 4.13. The highest BCUT2D eigenvalue weighted by molar-refractivity contribution is 7.99. The summed E-state index contributed by atoms with van der Waals surface area (Å²) in [7, 11) is 0. The number of fused-ring (bicyclic) bond motifs is 1. The molecule has 1 N–H and O–H groups in total. The molecule has 110 valence electrons. The minimum absolute atomic E-state index is 0.308. The smallest absolute Gasteiger partial charge is 0.0781 e. The van der Waals surface area contributed by atoms with E-state index in [0.29, 0.717) is 12.0 Å². The van der Waals surface area contributed by atoms with Crippen LogP contribution >= 0.6 is 11.8 Å². The zero-order valence-electron chi connectivity index (χ0n) is 12.3. The van der Waals surface area contributed by atoms with Gasteiger partial charge in [0.05, 0.1) is 11.8 Å². The van der Waals surface area contributed by atoms with Crippen molar-refractivity contribution in [1.82, 2.24) is 5.43 Å². The van der Waals surface area contributed by atoms with Crippen LogP contribution in [0, 0.1) is 5.92 Å². The van der Waals surface area contributed by atoms with Crippen molar-refractivity contribution in [3.8, 4) is 0 Å². The van der Waals surface area contributed by atoms with Gasteiger partial charge in [-0.15, -0.1) is 0 Å². The molecule has 0 aliphatic carbocycles. The van der Waals surface area contributed by atoms with Crippen molar-refractivity contribution in [2.24, 2.45) is 11.0 Å². The lowest BCUT2D eigenvalue weighted by atomic mass is 9.88. The van der Waals surface area contributed by atoms with Gasteiger partial charge in [-0.25, -0.2) is 0 Å². The second-order valence-corrected chi connectivity index (χ2v) is 6.75. The van der Waals surface area contributed by atoms with Gasteiger partial charge in [0, 0.05) is 17.4 Å². The number of rotatable bonds is 2. The number of thioether (sulfide) groups is 1. The van der Waals surface area contributed by atoms with Crippen molar-refractivity contribution in [3.05, 3.63) is 77.4 Å². The van der Waals surface area contributed by atoms with Crippen LogP contribution in [-0.2, 0) is 0 Å². The third-order valence-corrected chi connectivity index (χ3v) is 5.37. The van der Waals surface area contributed by atoms with E-state index in [1.165, 1.54) is 22.4 Å². The topological polar surface area (TPSA) is 24.4 Å². The van der Waals surface area contributed by atoms with Crippen LogP contribution in [0.25, 0.3) is 6.08 Å². The molecule has 0 radical (unpaired) electrons. The molecule has 3 heteroatoms. The number of hydrogen-bond acceptors (Lipinski definition) is 3. The highest BCUT2D eigenvalue weighted by Crippen LogP contribution is 2.37. The number of hydrazone groups is 1. The largest absolute Gasteiger partial charge is 0.302 e. The lowest BCUT2D eigenvalue weighted by Gasteiger charge is -2.26. The zero-order chi connectivity index (χ0) is 14.8. The van der Waals surface area contributed by atoms with E-state index >= 15 is 0 Å². The molecule has 2 aliphatic heterocycles. The molecule has 2 unspecified atom stereocenters. The molecule has 22 heavy (non-hydrogen) atoms. The Morgan fingerprint density at radius 2 is 1.73 bits per heavy atom. The molecule has 0 aromatic heterocycles.